The van der Waals surface area contributed by atoms with Crippen molar-refractivity contribution in [1.29, 1.82) is 0 Å². The second-order valence-electron chi connectivity index (χ2n) is 8.60. The van der Waals surface area contributed by atoms with Crippen molar-refractivity contribution in [1.82, 2.24) is 4.90 Å². The van der Waals surface area contributed by atoms with E-state index in [2.05, 4.69) is 24.1 Å². The van der Waals surface area contributed by atoms with E-state index in [-0.39, 0.29) is 11.5 Å². The standard InChI is InChI=1S/C25H30N2O5/c1-16-6-5-7-19(26-29)23(16)24(28)32-18-10-11-25(12-13-27(2)22(25)15-18)17-8-9-20(30-3)21(14-17)31-4/h5-10,14,22H,11-13,15,26H2,1-4H3/t22-,25-/m0/s1. The number of rotatable bonds is 6. The zero-order chi connectivity index (χ0) is 22.9. The number of hydrogen-bond acceptors (Lipinski definition) is 6. The smallest absolute Gasteiger partial charge is 0.349 e. The van der Waals surface area contributed by atoms with Crippen molar-refractivity contribution in [3.05, 3.63) is 70.1 Å². The molecule has 1 fully saturated rings. The molecule has 1 heterocycles. The Balaban J connectivity index is 1.62. The minimum absolute atomic E-state index is 0.0825. The Kier molecular flexibility index (Phi) is 6.24. The van der Waals surface area contributed by atoms with Crippen molar-refractivity contribution < 1.29 is 24.5 Å². The van der Waals surface area contributed by atoms with Gasteiger partial charge >= 0.3 is 5.97 Å². The molecule has 0 aromatic heterocycles. The quantitative estimate of drug-likeness (QED) is 0.423. The first-order valence-electron chi connectivity index (χ1n) is 10.8. The normalized spacial score (nSPS) is 22.8. The summed E-state index contributed by atoms with van der Waals surface area (Å²) in [5.41, 5.74) is 3.23. The summed E-state index contributed by atoms with van der Waals surface area (Å²) in [6.45, 7) is 2.77. The number of methoxy groups -OCH3 is 2. The highest BCUT2D eigenvalue weighted by atomic mass is 16.5. The predicted octanol–water partition coefficient (Wildman–Crippen LogP) is 3.18. The number of esters is 1. The molecule has 2 aliphatic rings. The molecule has 170 valence electrons. The molecule has 0 bridgehead atoms. The number of likely N-dealkylation sites (tertiary alicyclic amines) is 1. The van der Waals surface area contributed by atoms with E-state index in [9.17, 15) is 10.0 Å². The number of nitrogens with two attached hydrogens (primary N) is 1. The molecule has 0 spiro atoms. The topological polar surface area (TPSA) is 87.7 Å². The largest absolute Gasteiger partial charge is 0.630 e. The lowest BCUT2D eigenvalue weighted by molar-refractivity contribution is -0.497. The van der Waals surface area contributed by atoms with Gasteiger partial charge in [0.15, 0.2) is 11.5 Å². The van der Waals surface area contributed by atoms with E-state index in [4.69, 9.17) is 14.2 Å². The first kappa shape index (κ1) is 22.3. The molecule has 4 rings (SSSR count). The molecule has 0 amide bonds. The van der Waals surface area contributed by atoms with Crippen LogP contribution in [0.3, 0.4) is 0 Å². The van der Waals surface area contributed by atoms with E-state index >= 15 is 0 Å². The van der Waals surface area contributed by atoms with Crippen LogP contribution in [-0.2, 0) is 10.2 Å². The summed E-state index contributed by atoms with van der Waals surface area (Å²) < 4.78 is 16.8. The van der Waals surface area contributed by atoms with Crippen LogP contribution < -0.4 is 15.0 Å². The fraction of sp³-hybridized carbons (Fsp3) is 0.400. The molecule has 0 unspecified atom stereocenters. The summed E-state index contributed by atoms with van der Waals surface area (Å²) in [5, 5.41) is 11.4. The van der Waals surface area contributed by atoms with Crippen LogP contribution in [0.4, 0.5) is 5.69 Å². The van der Waals surface area contributed by atoms with Crippen molar-refractivity contribution in [2.45, 2.75) is 37.6 Å². The number of allylic oxidation sites excluding steroid dienone is 1. The van der Waals surface area contributed by atoms with Crippen LogP contribution in [0, 0.1) is 12.1 Å². The Labute approximate surface area is 188 Å². The molecule has 0 radical (unpaired) electrons. The molecule has 1 aliphatic heterocycles. The lowest BCUT2D eigenvalue weighted by Gasteiger charge is -2.40. The molecular weight excluding hydrogens is 408 g/mol. The van der Waals surface area contributed by atoms with E-state index in [0.29, 0.717) is 34.7 Å². The average Bonchev–Trinajstić information content (AvgIpc) is 3.15. The van der Waals surface area contributed by atoms with Crippen molar-refractivity contribution >= 4 is 11.7 Å². The Morgan fingerprint density at radius 3 is 2.69 bits per heavy atom. The number of aryl methyl sites for hydroxylation is 1. The highest BCUT2D eigenvalue weighted by Crippen LogP contribution is 2.49. The number of hydrogen-bond donors (Lipinski definition) is 1. The predicted molar refractivity (Wildman–Crippen MR) is 121 cm³/mol. The van der Waals surface area contributed by atoms with Crippen LogP contribution in [0.5, 0.6) is 11.5 Å². The zero-order valence-corrected chi connectivity index (χ0v) is 19.0. The molecule has 2 aromatic carbocycles. The van der Waals surface area contributed by atoms with Gasteiger partial charge < -0.3 is 29.8 Å². The van der Waals surface area contributed by atoms with Crippen LogP contribution in [0.25, 0.3) is 0 Å². The average molecular weight is 439 g/mol. The Hall–Kier alpha value is -2.87. The third-order valence-electron chi connectivity index (χ3n) is 6.99. The van der Waals surface area contributed by atoms with Gasteiger partial charge in [-0.1, -0.05) is 18.2 Å². The molecule has 32 heavy (non-hydrogen) atoms. The molecule has 1 aliphatic carbocycles. The lowest BCUT2D eigenvalue weighted by atomic mass is 9.68. The summed E-state index contributed by atoms with van der Waals surface area (Å²) in [6.07, 6.45) is 4.42. The number of likely N-dealkylation sites (N-methyl/N-ethyl adjacent to an activating group) is 1. The molecule has 2 N–H and O–H groups in total. The highest BCUT2D eigenvalue weighted by Gasteiger charge is 2.49. The van der Waals surface area contributed by atoms with E-state index < -0.39 is 5.97 Å². The van der Waals surface area contributed by atoms with Crippen LogP contribution in [0.1, 0.15) is 40.7 Å². The number of benzene rings is 2. The number of fused-ring (bicyclic) bond motifs is 1. The summed E-state index contributed by atoms with van der Waals surface area (Å²) in [4.78, 5) is 15.3. The van der Waals surface area contributed by atoms with Crippen molar-refractivity contribution in [2.75, 3.05) is 27.8 Å². The maximum atomic E-state index is 12.9. The number of carbonyl (C=O) groups excluding carboxylic acids is 1. The second-order valence-corrected chi connectivity index (χ2v) is 8.60. The first-order valence-corrected chi connectivity index (χ1v) is 10.8. The van der Waals surface area contributed by atoms with Gasteiger partial charge in [0.2, 0.25) is 0 Å². The molecule has 7 nitrogen and oxygen atoms in total. The second kappa shape index (κ2) is 8.94. The molecule has 2 aromatic rings. The molecular formula is C25H30N2O5. The van der Waals surface area contributed by atoms with Crippen LogP contribution >= 0.6 is 0 Å². The number of ether oxygens (including phenoxy) is 3. The number of quaternary nitrogens is 1. The van der Waals surface area contributed by atoms with Crippen LogP contribution in [0.2, 0.25) is 0 Å². The maximum Gasteiger partial charge on any atom is 0.349 e. The molecule has 2 atom stereocenters. The lowest BCUT2D eigenvalue weighted by Crippen LogP contribution is -2.70. The van der Waals surface area contributed by atoms with Gasteiger partial charge in [0, 0.05) is 23.9 Å². The molecule has 7 heteroatoms. The summed E-state index contributed by atoms with van der Waals surface area (Å²) in [5.74, 6) is 1.61. The van der Waals surface area contributed by atoms with Crippen molar-refractivity contribution in [3.8, 4) is 11.5 Å². The van der Waals surface area contributed by atoms with Gasteiger partial charge in [-0.3, -0.25) is 0 Å². The number of carbonyl (C=O) groups is 1. The minimum atomic E-state index is -0.476. The minimum Gasteiger partial charge on any atom is -0.630 e. The molecule has 0 saturated carbocycles. The van der Waals surface area contributed by atoms with E-state index in [1.807, 2.05) is 25.1 Å². The van der Waals surface area contributed by atoms with E-state index in [0.717, 1.165) is 30.7 Å². The number of nitrogens with zero attached hydrogens (tertiary/aromatic N) is 1. The van der Waals surface area contributed by atoms with Gasteiger partial charge in [-0.15, -0.1) is 0 Å². The fourth-order valence-corrected chi connectivity index (χ4v) is 5.20. The molecule has 1 saturated heterocycles. The zero-order valence-electron chi connectivity index (χ0n) is 19.0. The van der Waals surface area contributed by atoms with Crippen molar-refractivity contribution in [3.63, 3.8) is 0 Å². The fourth-order valence-electron chi connectivity index (χ4n) is 5.20. The van der Waals surface area contributed by atoms with E-state index in [1.165, 1.54) is 5.56 Å². The van der Waals surface area contributed by atoms with Crippen molar-refractivity contribution in [2.24, 2.45) is 0 Å². The summed E-state index contributed by atoms with van der Waals surface area (Å²) in [7, 11) is 5.40. The highest BCUT2D eigenvalue weighted by molar-refractivity contribution is 5.96. The van der Waals surface area contributed by atoms with Gasteiger partial charge in [0.1, 0.15) is 17.0 Å². The van der Waals surface area contributed by atoms with Gasteiger partial charge in [-0.05, 0) is 62.7 Å². The summed E-state index contributed by atoms with van der Waals surface area (Å²) in [6, 6.07) is 11.5. The Morgan fingerprint density at radius 2 is 1.97 bits per heavy atom. The van der Waals surface area contributed by atoms with Gasteiger partial charge in [0.05, 0.1) is 14.2 Å². The monoisotopic (exact) mass is 438 g/mol. The van der Waals surface area contributed by atoms with E-state index in [1.54, 1.807) is 26.4 Å². The Bertz CT molecular complexity index is 1050. The van der Waals surface area contributed by atoms with Gasteiger partial charge in [0.25, 0.3) is 0 Å². The van der Waals surface area contributed by atoms with Crippen LogP contribution in [0.15, 0.2) is 48.2 Å². The van der Waals surface area contributed by atoms with Gasteiger partial charge in [-0.25, -0.2) is 4.79 Å². The van der Waals surface area contributed by atoms with Gasteiger partial charge in [-0.2, -0.15) is 0 Å². The SMILES string of the molecule is COc1ccc([C@@]23CC=C(OC(=O)c4c(C)cccc4[NH2+][O-])C[C@@H]2N(C)CC3)cc1OC. The first-order chi connectivity index (χ1) is 15.4. The van der Waals surface area contributed by atoms with Crippen LogP contribution in [-0.4, -0.2) is 44.7 Å². The third-order valence-corrected chi connectivity index (χ3v) is 6.99. The maximum absolute atomic E-state index is 12.9. The summed E-state index contributed by atoms with van der Waals surface area (Å²) >= 11 is 0. The Morgan fingerprint density at radius 1 is 1.19 bits per heavy atom. The third kappa shape index (κ3) is 3.77.